The number of nitrogens with zero attached hydrogens (tertiary/aromatic N) is 2. The molecular weight excluding hydrogens is 262 g/mol. The Morgan fingerprint density at radius 3 is 2.71 bits per heavy atom. The van der Waals surface area contributed by atoms with Crippen LogP contribution in [0.15, 0.2) is 0 Å². The smallest absolute Gasteiger partial charge is 0.105 e. The minimum absolute atomic E-state index is 0.323. The van der Waals surface area contributed by atoms with Crippen molar-refractivity contribution in [3.63, 3.8) is 0 Å². The molecule has 1 fully saturated rings. The highest BCUT2D eigenvalue weighted by Gasteiger charge is 2.31. The number of nitrogens with one attached hydrogen (secondary N) is 1. The molecule has 122 valence electrons. The Kier molecular flexibility index (Phi) is 7.65. The molecule has 1 heterocycles. The zero-order chi connectivity index (χ0) is 15.9. The zero-order valence-corrected chi connectivity index (χ0v) is 14.5. The van der Waals surface area contributed by atoms with Crippen molar-refractivity contribution in [2.75, 3.05) is 19.7 Å². The molecule has 0 amide bonds. The summed E-state index contributed by atoms with van der Waals surface area (Å²) in [7, 11) is 0. The number of ether oxygens (including phenoxy) is 1. The molecule has 0 aromatic heterocycles. The van der Waals surface area contributed by atoms with Crippen LogP contribution in [0.1, 0.15) is 60.3 Å². The Morgan fingerprint density at radius 1 is 1.43 bits per heavy atom. The fraction of sp³-hybridized carbons (Fsp3) is 0.941. The fourth-order valence-corrected chi connectivity index (χ4v) is 3.28. The first-order chi connectivity index (χ1) is 9.90. The topological polar surface area (TPSA) is 48.3 Å². The number of nitriles is 1. The molecule has 4 nitrogen and oxygen atoms in total. The van der Waals surface area contributed by atoms with Gasteiger partial charge in [-0.2, -0.15) is 5.26 Å². The van der Waals surface area contributed by atoms with Crippen LogP contribution < -0.4 is 5.32 Å². The molecular formula is C17H33N3O. The molecule has 0 aromatic rings. The molecule has 0 spiro atoms. The first-order valence-electron chi connectivity index (χ1n) is 8.44. The minimum Gasteiger partial charge on any atom is -0.377 e. The summed E-state index contributed by atoms with van der Waals surface area (Å²) in [4.78, 5) is 2.49. The molecule has 0 aliphatic carbocycles. The molecule has 0 bridgehead atoms. The Balaban J connectivity index is 2.53. The Bertz CT molecular complexity index is 339. The van der Waals surface area contributed by atoms with Gasteiger partial charge in [0.1, 0.15) is 5.54 Å². The van der Waals surface area contributed by atoms with Crippen molar-refractivity contribution in [3.8, 4) is 6.07 Å². The van der Waals surface area contributed by atoms with E-state index in [1.807, 2.05) is 6.92 Å². The van der Waals surface area contributed by atoms with Gasteiger partial charge in [0.15, 0.2) is 0 Å². The molecule has 1 aliphatic rings. The second-order valence-electron chi connectivity index (χ2n) is 6.93. The summed E-state index contributed by atoms with van der Waals surface area (Å²) in [6.45, 7) is 13.6. The molecule has 3 unspecified atom stereocenters. The monoisotopic (exact) mass is 295 g/mol. The predicted molar refractivity (Wildman–Crippen MR) is 87.2 cm³/mol. The summed E-state index contributed by atoms with van der Waals surface area (Å²) in [6.07, 6.45) is 4.66. The molecule has 21 heavy (non-hydrogen) atoms. The van der Waals surface area contributed by atoms with E-state index in [-0.39, 0.29) is 0 Å². The summed E-state index contributed by atoms with van der Waals surface area (Å²) in [6, 6.07) is 3.18. The van der Waals surface area contributed by atoms with E-state index < -0.39 is 5.54 Å². The third kappa shape index (κ3) is 6.34. The highest BCUT2D eigenvalue weighted by Crippen LogP contribution is 2.21. The van der Waals surface area contributed by atoms with Crippen molar-refractivity contribution in [1.29, 1.82) is 5.26 Å². The summed E-state index contributed by atoms with van der Waals surface area (Å²) in [5.74, 6) is 0. The lowest BCUT2D eigenvalue weighted by atomic mass is 9.92. The van der Waals surface area contributed by atoms with Crippen LogP contribution in [0.5, 0.6) is 0 Å². The first-order valence-corrected chi connectivity index (χ1v) is 8.44. The Labute approximate surface area is 130 Å². The summed E-state index contributed by atoms with van der Waals surface area (Å²) < 4.78 is 5.91. The van der Waals surface area contributed by atoms with Crippen molar-refractivity contribution >= 4 is 0 Å². The van der Waals surface area contributed by atoms with E-state index in [1.54, 1.807) is 0 Å². The number of hydrogen-bond donors (Lipinski definition) is 1. The van der Waals surface area contributed by atoms with Gasteiger partial charge in [-0.1, -0.05) is 6.92 Å². The zero-order valence-electron chi connectivity index (χ0n) is 14.5. The van der Waals surface area contributed by atoms with E-state index in [4.69, 9.17) is 4.74 Å². The van der Waals surface area contributed by atoms with Gasteiger partial charge in [0, 0.05) is 25.2 Å². The van der Waals surface area contributed by atoms with Crippen LogP contribution in [0.25, 0.3) is 0 Å². The van der Waals surface area contributed by atoms with Gasteiger partial charge in [-0.15, -0.1) is 0 Å². The van der Waals surface area contributed by atoms with E-state index in [1.165, 1.54) is 12.8 Å². The second-order valence-corrected chi connectivity index (χ2v) is 6.93. The molecule has 3 atom stereocenters. The van der Waals surface area contributed by atoms with Crippen LogP contribution in [0.4, 0.5) is 0 Å². The third-order valence-electron chi connectivity index (χ3n) is 4.15. The molecule has 1 N–H and O–H groups in total. The van der Waals surface area contributed by atoms with Gasteiger partial charge >= 0.3 is 0 Å². The number of likely N-dealkylation sites (tertiary alicyclic amines) is 1. The Hall–Kier alpha value is -0.630. The van der Waals surface area contributed by atoms with Gasteiger partial charge in [-0.25, -0.2) is 0 Å². The molecule has 1 saturated heterocycles. The maximum atomic E-state index is 9.49. The third-order valence-corrected chi connectivity index (χ3v) is 4.15. The first kappa shape index (κ1) is 18.4. The van der Waals surface area contributed by atoms with Crippen LogP contribution >= 0.6 is 0 Å². The molecule has 0 radical (unpaired) electrons. The maximum Gasteiger partial charge on any atom is 0.105 e. The van der Waals surface area contributed by atoms with Crippen molar-refractivity contribution in [2.24, 2.45) is 0 Å². The largest absolute Gasteiger partial charge is 0.377 e. The lowest BCUT2D eigenvalue weighted by Crippen LogP contribution is -2.52. The van der Waals surface area contributed by atoms with Gasteiger partial charge in [0.2, 0.25) is 0 Å². The lowest BCUT2D eigenvalue weighted by Gasteiger charge is -2.39. The van der Waals surface area contributed by atoms with Gasteiger partial charge in [-0.3, -0.25) is 10.2 Å². The van der Waals surface area contributed by atoms with Gasteiger partial charge < -0.3 is 4.74 Å². The van der Waals surface area contributed by atoms with Crippen molar-refractivity contribution in [1.82, 2.24) is 10.2 Å². The van der Waals surface area contributed by atoms with Crippen LogP contribution in [-0.4, -0.2) is 48.3 Å². The van der Waals surface area contributed by atoms with Crippen LogP contribution in [0.2, 0.25) is 0 Å². The highest BCUT2D eigenvalue weighted by molar-refractivity contribution is 5.06. The van der Waals surface area contributed by atoms with Gasteiger partial charge in [0.05, 0.1) is 12.2 Å². The fourth-order valence-electron chi connectivity index (χ4n) is 3.28. The molecule has 0 saturated carbocycles. The SMILES string of the molecule is CCCOC1CCCN(C(C)CC(C)(C#N)NC(C)C)C1. The van der Waals surface area contributed by atoms with E-state index in [0.29, 0.717) is 18.2 Å². The molecule has 1 rings (SSSR count). The quantitative estimate of drug-likeness (QED) is 0.748. The number of hydrogen-bond acceptors (Lipinski definition) is 4. The predicted octanol–water partition coefficient (Wildman–Crippen LogP) is 2.94. The average molecular weight is 295 g/mol. The van der Waals surface area contributed by atoms with E-state index in [9.17, 15) is 5.26 Å². The Morgan fingerprint density at radius 2 is 2.14 bits per heavy atom. The molecule has 0 aromatic carbocycles. The van der Waals surface area contributed by atoms with Crippen LogP contribution in [0, 0.1) is 11.3 Å². The van der Waals surface area contributed by atoms with Crippen LogP contribution in [-0.2, 0) is 4.74 Å². The number of rotatable bonds is 8. The summed E-state index contributed by atoms with van der Waals surface area (Å²) in [5, 5.41) is 12.9. The summed E-state index contributed by atoms with van der Waals surface area (Å²) >= 11 is 0. The van der Waals surface area contributed by atoms with E-state index in [0.717, 1.165) is 32.5 Å². The van der Waals surface area contributed by atoms with Gasteiger partial charge in [-0.05, 0) is 59.9 Å². The molecule has 1 aliphatic heterocycles. The number of piperidine rings is 1. The normalized spacial score (nSPS) is 24.5. The highest BCUT2D eigenvalue weighted by atomic mass is 16.5. The average Bonchev–Trinajstić information content (AvgIpc) is 2.44. The van der Waals surface area contributed by atoms with Crippen molar-refractivity contribution < 1.29 is 4.74 Å². The lowest BCUT2D eigenvalue weighted by molar-refractivity contribution is -0.0133. The standard InChI is InChI=1S/C17H33N3O/c1-6-10-21-16-8-7-9-20(12-16)15(4)11-17(5,13-18)19-14(2)3/h14-16,19H,6-12H2,1-5H3. The van der Waals surface area contributed by atoms with Gasteiger partial charge in [0.25, 0.3) is 0 Å². The van der Waals surface area contributed by atoms with Crippen LogP contribution in [0.3, 0.4) is 0 Å². The minimum atomic E-state index is -0.454. The van der Waals surface area contributed by atoms with E-state index >= 15 is 0 Å². The van der Waals surface area contributed by atoms with Crippen molar-refractivity contribution in [3.05, 3.63) is 0 Å². The maximum absolute atomic E-state index is 9.49. The van der Waals surface area contributed by atoms with E-state index in [2.05, 4.69) is 44.0 Å². The molecule has 4 heteroatoms. The summed E-state index contributed by atoms with van der Waals surface area (Å²) in [5.41, 5.74) is -0.454. The second kappa shape index (κ2) is 8.73. The van der Waals surface area contributed by atoms with Crippen molar-refractivity contribution in [2.45, 2.75) is 84.0 Å².